The zero-order chi connectivity index (χ0) is 19.7. The molecule has 1 aliphatic rings. The van der Waals surface area contributed by atoms with Gasteiger partial charge in [0.15, 0.2) is 5.03 Å². The Balaban J connectivity index is 1.82. The largest absolute Gasteiger partial charge is 0.356 e. The highest BCUT2D eigenvalue weighted by atomic mass is 32.2. The first-order chi connectivity index (χ1) is 12.7. The molecule has 2 aromatic heterocycles. The number of halogens is 2. The maximum atomic E-state index is 13.4. The van der Waals surface area contributed by atoms with E-state index < -0.39 is 21.9 Å². The molecule has 3 N–H and O–H groups in total. The van der Waals surface area contributed by atoms with Crippen LogP contribution < -0.4 is 15.4 Å². The normalized spacial score (nSPS) is 16.8. The lowest BCUT2D eigenvalue weighted by Crippen LogP contribution is -2.40. The maximum absolute atomic E-state index is 13.4. The van der Waals surface area contributed by atoms with Crippen molar-refractivity contribution >= 4 is 27.4 Å². The average molecular weight is 397 g/mol. The number of carbonyl (C=O) groups is 1. The number of primary sulfonamides is 1. The molecule has 1 fully saturated rings. The molecule has 3 heterocycles. The van der Waals surface area contributed by atoms with Crippen molar-refractivity contribution in [3.63, 3.8) is 0 Å². The summed E-state index contributed by atoms with van der Waals surface area (Å²) in [4.78, 5) is 22.1. The van der Waals surface area contributed by atoms with Gasteiger partial charge >= 0.3 is 0 Å². The van der Waals surface area contributed by atoms with Gasteiger partial charge < -0.3 is 10.2 Å². The van der Waals surface area contributed by atoms with Gasteiger partial charge in [0.1, 0.15) is 5.82 Å². The van der Waals surface area contributed by atoms with Crippen LogP contribution in [-0.4, -0.2) is 43.3 Å². The van der Waals surface area contributed by atoms with E-state index in [2.05, 4.69) is 15.3 Å². The second-order valence-electron chi connectivity index (χ2n) is 6.10. The predicted octanol–water partition coefficient (Wildman–Crippen LogP) is 1.61. The number of anilines is 2. The van der Waals surface area contributed by atoms with Crippen LogP contribution in [0.1, 0.15) is 23.2 Å². The highest BCUT2D eigenvalue weighted by Crippen LogP contribution is 2.31. The van der Waals surface area contributed by atoms with Crippen molar-refractivity contribution in [2.45, 2.75) is 23.8 Å². The monoisotopic (exact) mass is 397 g/mol. The molecule has 0 bridgehead atoms. The van der Waals surface area contributed by atoms with E-state index in [1.807, 2.05) is 0 Å². The van der Waals surface area contributed by atoms with Gasteiger partial charge in [0.05, 0.1) is 5.56 Å². The lowest BCUT2D eigenvalue weighted by Gasteiger charge is -2.33. The number of alkyl halides is 2. The second-order valence-corrected chi connectivity index (χ2v) is 7.61. The fourth-order valence-corrected chi connectivity index (χ4v) is 3.21. The number of hydrogen-bond acceptors (Lipinski definition) is 6. The summed E-state index contributed by atoms with van der Waals surface area (Å²) in [6, 6.07) is 5.61. The van der Waals surface area contributed by atoms with Gasteiger partial charge in [-0.2, -0.15) is 0 Å². The van der Waals surface area contributed by atoms with Crippen molar-refractivity contribution in [3.05, 3.63) is 42.2 Å². The quantitative estimate of drug-likeness (QED) is 0.809. The Morgan fingerprint density at radius 1 is 1.19 bits per heavy atom. The zero-order valence-electron chi connectivity index (χ0n) is 14.1. The molecule has 0 unspecified atom stereocenters. The van der Waals surface area contributed by atoms with Gasteiger partial charge in [-0.05, 0) is 18.2 Å². The molecule has 8 nitrogen and oxygen atoms in total. The smallest absolute Gasteiger partial charge is 0.259 e. The van der Waals surface area contributed by atoms with Crippen LogP contribution in [0.3, 0.4) is 0 Å². The van der Waals surface area contributed by atoms with Gasteiger partial charge in [0.25, 0.3) is 21.9 Å². The first-order valence-electron chi connectivity index (χ1n) is 8.04. The van der Waals surface area contributed by atoms with Gasteiger partial charge in [-0.15, -0.1) is 0 Å². The predicted molar refractivity (Wildman–Crippen MR) is 94.2 cm³/mol. The number of pyridine rings is 2. The minimum absolute atomic E-state index is 0.0785. The average Bonchev–Trinajstić information content (AvgIpc) is 2.61. The lowest BCUT2D eigenvalue weighted by molar-refractivity contribution is -0.0221. The van der Waals surface area contributed by atoms with Gasteiger partial charge in [-0.3, -0.25) is 4.79 Å². The number of carbonyl (C=O) groups excluding carboxylic acids is 1. The van der Waals surface area contributed by atoms with Crippen molar-refractivity contribution in [2.24, 2.45) is 5.14 Å². The summed E-state index contributed by atoms with van der Waals surface area (Å²) in [5, 5.41) is 7.20. The molecule has 2 aromatic rings. The summed E-state index contributed by atoms with van der Waals surface area (Å²) in [6.07, 6.45) is 2.05. The van der Waals surface area contributed by atoms with Crippen LogP contribution in [0, 0.1) is 0 Å². The van der Waals surface area contributed by atoms with Crippen LogP contribution in [-0.2, 0) is 10.0 Å². The molecule has 0 saturated carbocycles. The SMILES string of the molecule is NS(=O)(=O)c1cc(NC(=O)c2cccnc2N2CCC(F)(F)CC2)ccn1. The number of hydrogen-bond donors (Lipinski definition) is 2. The number of piperidine rings is 1. The number of nitrogens with zero attached hydrogens (tertiary/aromatic N) is 3. The summed E-state index contributed by atoms with van der Waals surface area (Å²) in [6.45, 7) is 0.157. The highest BCUT2D eigenvalue weighted by molar-refractivity contribution is 7.89. The Labute approximate surface area is 154 Å². The highest BCUT2D eigenvalue weighted by Gasteiger charge is 2.35. The molecule has 0 radical (unpaired) electrons. The minimum Gasteiger partial charge on any atom is -0.356 e. The van der Waals surface area contributed by atoms with E-state index in [9.17, 15) is 22.0 Å². The minimum atomic E-state index is -4.02. The van der Waals surface area contributed by atoms with E-state index in [1.165, 1.54) is 24.5 Å². The Hall–Kier alpha value is -2.66. The Bertz CT molecular complexity index is 958. The van der Waals surface area contributed by atoms with Crippen LogP contribution in [0.5, 0.6) is 0 Å². The van der Waals surface area contributed by atoms with Crippen molar-refractivity contribution in [2.75, 3.05) is 23.3 Å². The van der Waals surface area contributed by atoms with Gasteiger partial charge in [0.2, 0.25) is 0 Å². The van der Waals surface area contributed by atoms with Gasteiger partial charge in [-0.1, -0.05) is 0 Å². The van der Waals surface area contributed by atoms with Crippen molar-refractivity contribution in [1.29, 1.82) is 0 Å². The Morgan fingerprint density at radius 2 is 1.89 bits per heavy atom. The number of amides is 1. The first kappa shape index (κ1) is 19.1. The molecule has 0 spiro atoms. The first-order valence-corrected chi connectivity index (χ1v) is 9.58. The third-order valence-corrected chi connectivity index (χ3v) is 4.92. The molecule has 1 saturated heterocycles. The number of aromatic nitrogens is 2. The zero-order valence-corrected chi connectivity index (χ0v) is 14.9. The molecule has 11 heteroatoms. The molecular formula is C16H17F2N5O3S. The van der Waals surface area contributed by atoms with Crippen LogP contribution in [0.15, 0.2) is 41.7 Å². The molecule has 1 amide bonds. The third kappa shape index (κ3) is 4.55. The fraction of sp³-hybridized carbons (Fsp3) is 0.312. The summed E-state index contributed by atoms with van der Waals surface area (Å²) >= 11 is 0. The fourth-order valence-electron chi connectivity index (χ4n) is 2.71. The van der Waals surface area contributed by atoms with Crippen molar-refractivity contribution < 1.29 is 22.0 Å². The van der Waals surface area contributed by atoms with Crippen LogP contribution in [0.2, 0.25) is 0 Å². The lowest BCUT2D eigenvalue weighted by atomic mass is 10.1. The van der Waals surface area contributed by atoms with E-state index >= 15 is 0 Å². The molecule has 0 atom stereocenters. The Kier molecular flexibility index (Phi) is 5.07. The maximum Gasteiger partial charge on any atom is 0.259 e. The summed E-state index contributed by atoms with van der Waals surface area (Å²) in [5.74, 6) is -2.97. The van der Waals surface area contributed by atoms with Crippen LogP contribution in [0.4, 0.5) is 20.3 Å². The molecule has 1 aliphatic heterocycles. The second kappa shape index (κ2) is 7.16. The van der Waals surface area contributed by atoms with E-state index in [1.54, 1.807) is 11.0 Å². The number of sulfonamides is 1. The van der Waals surface area contributed by atoms with Crippen LogP contribution in [0.25, 0.3) is 0 Å². The molecule has 3 rings (SSSR count). The van der Waals surface area contributed by atoms with Gasteiger partial charge in [0, 0.05) is 50.1 Å². The van der Waals surface area contributed by atoms with E-state index in [4.69, 9.17) is 5.14 Å². The third-order valence-electron chi connectivity index (χ3n) is 4.11. The van der Waals surface area contributed by atoms with E-state index in [0.717, 1.165) is 6.07 Å². The van der Waals surface area contributed by atoms with E-state index in [0.29, 0.717) is 5.82 Å². The van der Waals surface area contributed by atoms with Crippen molar-refractivity contribution in [1.82, 2.24) is 9.97 Å². The van der Waals surface area contributed by atoms with E-state index in [-0.39, 0.29) is 42.2 Å². The molecule has 0 aromatic carbocycles. The summed E-state index contributed by atoms with van der Waals surface area (Å²) in [7, 11) is -4.02. The number of nitrogens with two attached hydrogens (primary N) is 1. The molecular weight excluding hydrogens is 380 g/mol. The molecule has 144 valence electrons. The number of nitrogens with one attached hydrogen (secondary N) is 1. The van der Waals surface area contributed by atoms with Crippen molar-refractivity contribution in [3.8, 4) is 0 Å². The number of rotatable bonds is 4. The summed E-state index contributed by atoms with van der Waals surface area (Å²) in [5.41, 5.74) is 0.371. The van der Waals surface area contributed by atoms with Crippen LogP contribution >= 0.6 is 0 Å². The topological polar surface area (TPSA) is 118 Å². The standard InChI is InChI=1S/C16H17F2N5O3S/c17-16(18)4-8-23(9-5-16)14-12(2-1-6-21-14)15(24)22-11-3-7-20-13(10-11)27(19,25)26/h1-3,6-7,10H,4-5,8-9H2,(H2,19,25,26)(H,20,22,24). The Morgan fingerprint density at radius 3 is 2.56 bits per heavy atom. The summed E-state index contributed by atoms with van der Waals surface area (Å²) < 4.78 is 49.5. The molecule has 0 aliphatic carbocycles. The van der Waals surface area contributed by atoms with Gasteiger partial charge in [-0.25, -0.2) is 32.3 Å². The molecule has 27 heavy (non-hydrogen) atoms.